The number of piperidine rings is 1. The highest BCUT2D eigenvalue weighted by atomic mass is 16.5. The molecule has 1 aliphatic rings. The van der Waals surface area contributed by atoms with Crippen molar-refractivity contribution in [1.82, 2.24) is 25.2 Å². The molecule has 0 amide bonds. The summed E-state index contributed by atoms with van der Waals surface area (Å²) in [5.74, 6) is 3.25. The van der Waals surface area contributed by atoms with E-state index < -0.39 is 0 Å². The lowest BCUT2D eigenvalue weighted by molar-refractivity contribution is 0.192. The fraction of sp³-hybridized carbons (Fsp3) is 0.455. The summed E-state index contributed by atoms with van der Waals surface area (Å²) in [5.41, 5.74) is 1.40. The molecule has 1 fully saturated rings. The van der Waals surface area contributed by atoms with Gasteiger partial charge in [-0.25, -0.2) is 0 Å². The molecule has 1 aromatic carbocycles. The van der Waals surface area contributed by atoms with Crippen molar-refractivity contribution < 1.29 is 9.26 Å². The Labute approximate surface area is 176 Å². The van der Waals surface area contributed by atoms with Crippen molar-refractivity contribution in [1.29, 1.82) is 0 Å². The molecule has 1 aliphatic heterocycles. The van der Waals surface area contributed by atoms with E-state index in [0.29, 0.717) is 17.4 Å². The minimum Gasteiger partial charge on any atom is -0.497 e. The number of hydrogen-bond acceptors (Lipinski definition) is 8. The van der Waals surface area contributed by atoms with Crippen LogP contribution in [0.25, 0.3) is 23.0 Å². The lowest BCUT2D eigenvalue weighted by Crippen LogP contribution is -2.34. The van der Waals surface area contributed by atoms with E-state index in [-0.39, 0.29) is 0 Å². The number of nitrogens with one attached hydrogen (secondary N) is 1. The Morgan fingerprint density at radius 3 is 2.60 bits per heavy atom. The topological polar surface area (TPSA) is 89.2 Å². The quantitative estimate of drug-likeness (QED) is 0.564. The zero-order valence-electron chi connectivity index (χ0n) is 17.5. The van der Waals surface area contributed by atoms with Crippen LogP contribution in [0.3, 0.4) is 0 Å². The second-order valence-electron chi connectivity index (χ2n) is 7.76. The molecule has 158 valence electrons. The third-order valence-corrected chi connectivity index (χ3v) is 5.49. The van der Waals surface area contributed by atoms with Crippen LogP contribution in [0.1, 0.15) is 26.2 Å². The van der Waals surface area contributed by atoms with Gasteiger partial charge >= 0.3 is 0 Å². The SMILES string of the molecule is COc1ccc(-c2noc(-c3ccc(NCCCN4CCC(C)CC4)nn3)n2)cc1. The van der Waals surface area contributed by atoms with E-state index in [2.05, 4.69) is 37.5 Å². The molecule has 0 radical (unpaired) electrons. The number of ether oxygens (including phenoxy) is 1. The second kappa shape index (κ2) is 9.67. The smallest absolute Gasteiger partial charge is 0.278 e. The van der Waals surface area contributed by atoms with Gasteiger partial charge in [-0.2, -0.15) is 4.98 Å². The zero-order valence-corrected chi connectivity index (χ0v) is 17.5. The number of anilines is 1. The highest BCUT2D eigenvalue weighted by molar-refractivity contribution is 5.59. The van der Waals surface area contributed by atoms with Crippen molar-refractivity contribution in [3.05, 3.63) is 36.4 Å². The third-order valence-electron chi connectivity index (χ3n) is 5.49. The molecule has 0 bridgehead atoms. The number of benzene rings is 1. The molecule has 3 aromatic rings. The van der Waals surface area contributed by atoms with Crippen molar-refractivity contribution in [2.75, 3.05) is 38.6 Å². The minimum atomic E-state index is 0.346. The molecule has 8 nitrogen and oxygen atoms in total. The molecule has 0 unspecified atom stereocenters. The molecule has 8 heteroatoms. The van der Waals surface area contributed by atoms with Gasteiger partial charge in [-0.05, 0) is 81.2 Å². The molecule has 0 spiro atoms. The van der Waals surface area contributed by atoms with Gasteiger partial charge in [0.25, 0.3) is 5.89 Å². The van der Waals surface area contributed by atoms with Crippen molar-refractivity contribution >= 4 is 5.82 Å². The fourth-order valence-corrected chi connectivity index (χ4v) is 3.53. The normalized spacial score (nSPS) is 15.3. The van der Waals surface area contributed by atoms with Crippen molar-refractivity contribution in [2.45, 2.75) is 26.2 Å². The number of rotatable bonds is 8. The van der Waals surface area contributed by atoms with E-state index in [1.807, 2.05) is 36.4 Å². The average molecular weight is 409 g/mol. The van der Waals surface area contributed by atoms with Gasteiger partial charge < -0.3 is 19.5 Å². The lowest BCUT2D eigenvalue weighted by Gasteiger charge is -2.30. The Kier molecular flexibility index (Phi) is 6.53. The molecule has 0 saturated carbocycles. The summed E-state index contributed by atoms with van der Waals surface area (Å²) in [4.78, 5) is 6.97. The summed E-state index contributed by atoms with van der Waals surface area (Å²) in [7, 11) is 1.63. The zero-order chi connectivity index (χ0) is 20.8. The monoisotopic (exact) mass is 408 g/mol. The molecular formula is C22H28N6O2. The molecule has 0 atom stereocenters. The van der Waals surface area contributed by atoms with Crippen LogP contribution in [0.5, 0.6) is 5.75 Å². The fourth-order valence-electron chi connectivity index (χ4n) is 3.53. The Bertz CT molecular complexity index is 918. The van der Waals surface area contributed by atoms with Crippen LogP contribution in [-0.4, -0.2) is 58.5 Å². The van der Waals surface area contributed by atoms with Gasteiger partial charge in [0.05, 0.1) is 7.11 Å². The van der Waals surface area contributed by atoms with E-state index >= 15 is 0 Å². The molecule has 1 N–H and O–H groups in total. The number of aromatic nitrogens is 4. The van der Waals surface area contributed by atoms with Gasteiger partial charge in [0.1, 0.15) is 11.6 Å². The summed E-state index contributed by atoms with van der Waals surface area (Å²) in [6, 6.07) is 11.2. The van der Waals surface area contributed by atoms with Crippen LogP contribution < -0.4 is 10.1 Å². The molecule has 0 aliphatic carbocycles. The number of likely N-dealkylation sites (tertiary alicyclic amines) is 1. The molecule has 4 rings (SSSR count). The standard InChI is InChI=1S/C22H28N6O2/c1-16-10-14-28(15-11-16)13-3-12-23-20-9-8-19(25-26-20)22-24-21(27-30-22)17-4-6-18(29-2)7-5-17/h4-9,16H,3,10-15H2,1-2H3,(H,23,26). The van der Waals surface area contributed by atoms with Gasteiger partial charge in [0, 0.05) is 12.1 Å². The van der Waals surface area contributed by atoms with Crippen molar-refractivity contribution in [2.24, 2.45) is 5.92 Å². The first-order chi connectivity index (χ1) is 14.7. The summed E-state index contributed by atoms with van der Waals surface area (Å²) < 4.78 is 10.5. The van der Waals surface area contributed by atoms with Gasteiger partial charge in [-0.15, -0.1) is 10.2 Å². The maximum Gasteiger partial charge on any atom is 0.278 e. The van der Waals surface area contributed by atoms with E-state index in [1.54, 1.807) is 7.11 Å². The Morgan fingerprint density at radius 2 is 1.90 bits per heavy atom. The van der Waals surface area contributed by atoms with Crippen LogP contribution in [0.4, 0.5) is 5.82 Å². The summed E-state index contributed by atoms with van der Waals surface area (Å²) in [5, 5.41) is 15.8. The first-order valence-electron chi connectivity index (χ1n) is 10.5. The van der Waals surface area contributed by atoms with Crippen LogP contribution in [0.15, 0.2) is 40.9 Å². The Hall–Kier alpha value is -3.00. The predicted molar refractivity (Wildman–Crippen MR) is 115 cm³/mol. The van der Waals surface area contributed by atoms with Crippen LogP contribution in [-0.2, 0) is 0 Å². The van der Waals surface area contributed by atoms with Crippen LogP contribution >= 0.6 is 0 Å². The second-order valence-corrected chi connectivity index (χ2v) is 7.76. The highest BCUT2D eigenvalue weighted by Gasteiger charge is 2.15. The minimum absolute atomic E-state index is 0.346. The predicted octanol–water partition coefficient (Wildman–Crippen LogP) is 3.74. The van der Waals surface area contributed by atoms with Gasteiger partial charge in [0.15, 0.2) is 5.69 Å². The lowest BCUT2D eigenvalue weighted by atomic mass is 9.99. The maximum atomic E-state index is 5.35. The third kappa shape index (κ3) is 5.13. The number of hydrogen-bond donors (Lipinski definition) is 1. The van der Waals surface area contributed by atoms with E-state index in [9.17, 15) is 0 Å². The molecule has 2 aromatic heterocycles. The largest absolute Gasteiger partial charge is 0.497 e. The first-order valence-corrected chi connectivity index (χ1v) is 10.5. The first kappa shape index (κ1) is 20.3. The van der Waals surface area contributed by atoms with Crippen molar-refractivity contribution in [3.63, 3.8) is 0 Å². The van der Waals surface area contributed by atoms with E-state index in [0.717, 1.165) is 42.6 Å². The summed E-state index contributed by atoms with van der Waals surface area (Å²) >= 11 is 0. The average Bonchev–Trinajstić information content (AvgIpc) is 3.29. The van der Waals surface area contributed by atoms with Crippen molar-refractivity contribution in [3.8, 4) is 28.7 Å². The van der Waals surface area contributed by atoms with Crippen LogP contribution in [0.2, 0.25) is 0 Å². The number of nitrogens with zero attached hydrogens (tertiary/aromatic N) is 5. The summed E-state index contributed by atoms with van der Waals surface area (Å²) in [6.45, 7) is 6.79. The molecular weight excluding hydrogens is 380 g/mol. The molecule has 1 saturated heterocycles. The Balaban J connectivity index is 1.27. The van der Waals surface area contributed by atoms with Gasteiger partial charge in [-0.3, -0.25) is 0 Å². The summed E-state index contributed by atoms with van der Waals surface area (Å²) in [6.07, 6.45) is 3.72. The maximum absolute atomic E-state index is 5.35. The number of methoxy groups -OCH3 is 1. The highest BCUT2D eigenvalue weighted by Crippen LogP contribution is 2.23. The van der Waals surface area contributed by atoms with Gasteiger partial charge in [0.2, 0.25) is 5.82 Å². The Morgan fingerprint density at radius 1 is 1.10 bits per heavy atom. The van der Waals surface area contributed by atoms with E-state index in [1.165, 1.54) is 25.9 Å². The molecule has 30 heavy (non-hydrogen) atoms. The van der Waals surface area contributed by atoms with E-state index in [4.69, 9.17) is 9.26 Å². The van der Waals surface area contributed by atoms with Crippen LogP contribution in [0, 0.1) is 5.92 Å². The molecule has 3 heterocycles. The van der Waals surface area contributed by atoms with Gasteiger partial charge in [-0.1, -0.05) is 12.1 Å².